The zero-order valence-electron chi connectivity index (χ0n) is 23.0. The molecule has 0 N–H and O–H groups in total. The Balaban J connectivity index is 1.74. The lowest BCUT2D eigenvalue weighted by atomic mass is 9.72. The van der Waals surface area contributed by atoms with Crippen molar-refractivity contribution in [1.29, 1.82) is 0 Å². The third-order valence-corrected chi connectivity index (χ3v) is 7.67. The Labute approximate surface area is 225 Å². The summed E-state index contributed by atoms with van der Waals surface area (Å²) in [6.07, 6.45) is -3.94. The second-order valence-corrected chi connectivity index (χ2v) is 11.3. The minimum Gasteiger partial charge on any atom is -0.496 e. The van der Waals surface area contributed by atoms with Crippen LogP contribution in [0.4, 0.5) is 22.4 Å². The number of halogens is 4. The molecule has 1 amide bonds. The number of hydrogen-bond donors (Lipinski definition) is 0. The zero-order valence-corrected chi connectivity index (χ0v) is 23.0. The van der Waals surface area contributed by atoms with E-state index in [0.29, 0.717) is 29.7 Å². The molecule has 2 atom stereocenters. The molecule has 0 radical (unpaired) electrons. The third-order valence-electron chi connectivity index (χ3n) is 7.67. The molecule has 1 saturated heterocycles. The van der Waals surface area contributed by atoms with Crippen LogP contribution in [0.5, 0.6) is 5.75 Å². The SMILES string of the molecule is COc1cc(F)c(C(C)=O)cc1C1=C(CN2C(=O)O[C@H](c3cc(C)cc(C(F)(F)F)c3)[C@@H]2C)CC(C)(C)CC1. The molecule has 0 bridgehead atoms. The van der Waals surface area contributed by atoms with Gasteiger partial charge in [0.15, 0.2) is 5.78 Å². The lowest BCUT2D eigenvalue weighted by molar-refractivity contribution is -0.137. The second kappa shape index (κ2) is 10.3. The van der Waals surface area contributed by atoms with Gasteiger partial charge < -0.3 is 9.47 Å². The summed E-state index contributed by atoms with van der Waals surface area (Å²) >= 11 is 0. The number of rotatable bonds is 6. The van der Waals surface area contributed by atoms with Crippen LogP contribution in [0.3, 0.4) is 0 Å². The second-order valence-electron chi connectivity index (χ2n) is 11.3. The first-order valence-corrected chi connectivity index (χ1v) is 12.9. The molecular formula is C30H33F4NO4. The first-order valence-electron chi connectivity index (χ1n) is 12.9. The van der Waals surface area contributed by atoms with E-state index in [2.05, 4.69) is 13.8 Å². The van der Waals surface area contributed by atoms with Gasteiger partial charge in [0.25, 0.3) is 0 Å². The first kappa shape index (κ1) is 28.6. The van der Waals surface area contributed by atoms with Gasteiger partial charge in [-0.15, -0.1) is 0 Å². The van der Waals surface area contributed by atoms with Gasteiger partial charge in [0, 0.05) is 18.2 Å². The average Bonchev–Trinajstić information content (AvgIpc) is 3.11. The number of aryl methyl sites for hydroxylation is 1. The van der Waals surface area contributed by atoms with Gasteiger partial charge in [-0.3, -0.25) is 9.69 Å². The monoisotopic (exact) mass is 547 g/mol. The highest BCUT2D eigenvalue weighted by molar-refractivity contribution is 5.96. The smallest absolute Gasteiger partial charge is 0.416 e. The number of cyclic esters (lactones) is 1. The Hall–Kier alpha value is -3.36. The van der Waals surface area contributed by atoms with Crippen LogP contribution in [0, 0.1) is 18.2 Å². The van der Waals surface area contributed by atoms with Gasteiger partial charge in [-0.1, -0.05) is 25.5 Å². The Morgan fingerprint density at radius 2 is 1.87 bits per heavy atom. The van der Waals surface area contributed by atoms with E-state index in [1.54, 1.807) is 19.9 Å². The van der Waals surface area contributed by atoms with Crippen molar-refractivity contribution in [2.24, 2.45) is 5.41 Å². The molecule has 5 nitrogen and oxygen atoms in total. The number of benzene rings is 2. The van der Waals surface area contributed by atoms with E-state index in [1.807, 2.05) is 0 Å². The Bertz CT molecular complexity index is 1350. The highest BCUT2D eigenvalue weighted by atomic mass is 19.4. The molecule has 1 aliphatic carbocycles. The molecule has 39 heavy (non-hydrogen) atoms. The molecule has 210 valence electrons. The topological polar surface area (TPSA) is 55.8 Å². The molecule has 0 spiro atoms. The van der Waals surface area contributed by atoms with Crippen LogP contribution < -0.4 is 4.74 Å². The van der Waals surface area contributed by atoms with Gasteiger partial charge in [-0.05, 0) is 80.4 Å². The molecule has 2 aromatic carbocycles. The fraction of sp³-hybridized carbons (Fsp3) is 0.467. The summed E-state index contributed by atoms with van der Waals surface area (Å²) in [5.74, 6) is -0.790. The highest BCUT2D eigenvalue weighted by Gasteiger charge is 2.42. The maximum atomic E-state index is 14.6. The summed E-state index contributed by atoms with van der Waals surface area (Å²) in [6.45, 7) is 9.05. The summed E-state index contributed by atoms with van der Waals surface area (Å²) in [7, 11) is 1.43. The number of carbonyl (C=O) groups is 2. The van der Waals surface area contributed by atoms with Gasteiger partial charge in [0.05, 0.1) is 24.3 Å². The van der Waals surface area contributed by atoms with Crippen molar-refractivity contribution in [3.63, 3.8) is 0 Å². The summed E-state index contributed by atoms with van der Waals surface area (Å²) in [5, 5.41) is 0. The molecule has 0 aromatic heterocycles. The van der Waals surface area contributed by atoms with Crippen LogP contribution in [-0.4, -0.2) is 36.5 Å². The Morgan fingerprint density at radius 3 is 2.49 bits per heavy atom. The Morgan fingerprint density at radius 1 is 1.18 bits per heavy atom. The van der Waals surface area contributed by atoms with Gasteiger partial charge in [0.2, 0.25) is 0 Å². The van der Waals surface area contributed by atoms with Crippen LogP contribution in [0.25, 0.3) is 5.57 Å². The van der Waals surface area contributed by atoms with Crippen LogP contribution >= 0.6 is 0 Å². The van der Waals surface area contributed by atoms with Gasteiger partial charge in [0.1, 0.15) is 17.7 Å². The van der Waals surface area contributed by atoms with Crippen molar-refractivity contribution in [3.05, 3.63) is 69.5 Å². The summed E-state index contributed by atoms with van der Waals surface area (Å²) in [6, 6.07) is 5.87. The van der Waals surface area contributed by atoms with Crippen molar-refractivity contribution < 1.29 is 36.6 Å². The fourth-order valence-corrected chi connectivity index (χ4v) is 5.62. The standard InChI is InChI=1S/C30H33F4NO4/c1-16-9-19(11-21(10-16)30(32,33)34)27-17(2)35(28(37)39-27)15-20-14-29(4,5)8-7-22(20)24-12-23(18(3)36)25(31)13-26(24)38-6/h9-13,17,27H,7-8,14-15H2,1-6H3/t17-,27-/m0/s1. The minimum atomic E-state index is -4.52. The normalized spacial score (nSPS) is 21.3. The van der Waals surface area contributed by atoms with E-state index in [0.717, 1.165) is 29.7 Å². The van der Waals surface area contributed by atoms with Crippen molar-refractivity contribution >= 4 is 17.4 Å². The fourth-order valence-electron chi connectivity index (χ4n) is 5.62. The number of allylic oxidation sites excluding steroid dienone is 1. The van der Waals surface area contributed by atoms with Crippen molar-refractivity contribution in [2.75, 3.05) is 13.7 Å². The zero-order chi connectivity index (χ0) is 28.9. The van der Waals surface area contributed by atoms with E-state index in [9.17, 15) is 27.2 Å². The van der Waals surface area contributed by atoms with Crippen molar-refractivity contribution in [2.45, 2.75) is 72.2 Å². The predicted octanol–water partition coefficient (Wildman–Crippen LogP) is 7.91. The highest BCUT2D eigenvalue weighted by Crippen LogP contribution is 2.46. The predicted molar refractivity (Wildman–Crippen MR) is 139 cm³/mol. The number of ether oxygens (including phenoxy) is 2. The summed E-state index contributed by atoms with van der Waals surface area (Å²) in [5.41, 5.74) is 2.17. The molecule has 0 saturated carbocycles. The number of carbonyl (C=O) groups excluding carboxylic acids is 2. The maximum Gasteiger partial charge on any atom is 0.416 e. The summed E-state index contributed by atoms with van der Waals surface area (Å²) < 4.78 is 66.0. The number of ketones is 1. The van der Waals surface area contributed by atoms with Gasteiger partial charge in [-0.25, -0.2) is 9.18 Å². The molecule has 1 heterocycles. The van der Waals surface area contributed by atoms with Crippen LogP contribution in [0.1, 0.15) is 85.7 Å². The van der Waals surface area contributed by atoms with E-state index in [4.69, 9.17) is 9.47 Å². The number of nitrogens with zero attached hydrogens (tertiary/aromatic N) is 1. The largest absolute Gasteiger partial charge is 0.496 e. The van der Waals surface area contributed by atoms with Gasteiger partial charge in [-0.2, -0.15) is 13.2 Å². The number of amides is 1. The summed E-state index contributed by atoms with van der Waals surface area (Å²) in [4.78, 5) is 26.7. The van der Waals surface area contributed by atoms with E-state index in [-0.39, 0.29) is 23.1 Å². The van der Waals surface area contributed by atoms with Crippen LogP contribution in [0.15, 0.2) is 35.9 Å². The maximum absolute atomic E-state index is 14.6. The van der Waals surface area contributed by atoms with Crippen molar-refractivity contribution in [1.82, 2.24) is 4.90 Å². The molecular weight excluding hydrogens is 514 g/mol. The average molecular weight is 548 g/mol. The lowest BCUT2D eigenvalue weighted by Crippen LogP contribution is -2.35. The number of alkyl halides is 3. The van der Waals surface area contributed by atoms with Crippen LogP contribution in [0.2, 0.25) is 0 Å². The molecule has 2 aromatic rings. The first-order chi connectivity index (χ1) is 18.1. The number of Topliss-reactive ketones (excluding diaryl/α,β-unsaturated/α-hetero) is 1. The Kier molecular flexibility index (Phi) is 7.58. The quantitative estimate of drug-likeness (QED) is 0.272. The minimum absolute atomic E-state index is 0.0450. The molecule has 1 aliphatic heterocycles. The molecule has 0 unspecified atom stereocenters. The molecule has 2 aliphatic rings. The number of methoxy groups -OCH3 is 1. The molecule has 9 heteroatoms. The number of hydrogen-bond acceptors (Lipinski definition) is 4. The third kappa shape index (κ3) is 5.82. The van der Waals surface area contributed by atoms with E-state index >= 15 is 0 Å². The van der Waals surface area contributed by atoms with Crippen molar-refractivity contribution in [3.8, 4) is 5.75 Å². The molecule has 4 rings (SSSR count). The van der Waals surface area contributed by atoms with E-state index < -0.39 is 41.6 Å². The van der Waals surface area contributed by atoms with Gasteiger partial charge >= 0.3 is 12.3 Å². The van der Waals surface area contributed by atoms with Crippen LogP contribution in [-0.2, 0) is 10.9 Å². The van der Waals surface area contributed by atoms with E-state index in [1.165, 1.54) is 31.1 Å². The molecule has 1 fully saturated rings. The lowest BCUT2D eigenvalue weighted by Gasteiger charge is -2.36.